The minimum Gasteiger partial charge on any atom is -0.344 e. The van der Waals surface area contributed by atoms with Gasteiger partial charge in [-0.2, -0.15) is 0 Å². The number of benzene rings is 1. The molecule has 1 aromatic heterocycles. The van der Waals surface area contributed by atoms with Crippen LogP contribution in [0.2, 0.25) is 0 Å². The van der Waals surface area contributed by atoms with Crippen LogP contribution in [0.1, 0.15) is 39.3 Å². The van der Waals surface area contributed by atoms with Crippen LogP contribution in [0.15, 0.2) is 35.7 Å². The molecule has 2 atom stereocenters. The van der Waals surface area contributed by atoms with Gasteiger partial charge in [-0.05, 0) is 47.4 Å². The lowest BCUT2D eigenvalue weighted by Gasteiger charge is -2.18. The van der Waals surface area contributed by atoms with Crippen molar-refractivity contribution in [1.29, 1.82) is 0 Å². The molecular formula is C16H17NOS. The summed E-state index contributed by atoms with van der Waals surface area (Å²) in [5.41, 5.74) is 3.70. The van der Waals surface area contributed by atoms with E-state index in [9.17, 15) is 4.79 Å². The van der Waals surface area contributed by atoms with E-state index in [1.165, 1.54) is 22.5 Å². The predicted octanol–water partition coefficient (Wildman–Crippen LogP) is 3.72. The third-order valence-corrected chi connectivity index (χ3v) is 4.87. The van der Waals surface area contributed by atoms with Crippen LogP contribution in [0.25, 0.3) is 0 Å². The van der Waals surface area contributed by atoms with E-state index < -0.39 is 0 Å². The Balaban J connectivity index is 1.84. The van der Waals surface area contributed by atoms with E-state index >= 15 is 0 Å². The van der Waals surface area contributed by atoms with Gasteiger partial charge in [0.1, 0.15) is 0 Å². The van der Waals surface area contributed by atoms with Crippen LogP contribution < -0.4 is 5.32 Å². The summed E-state index contributed by atoms with van der Waals surface area (Å²) in [5, 5.41) is 5.17. The van der Waals surface area contributed by atoms with Gasteiger partial charge < -0.3 is 5.32 Å². The van der Waals surface area contributed by atoms with Gasteiger partial charge in [0.2, 0.25) is 0 Å². The van der Waals surface area contributed by atoms with Crippen molar-refractivity contribution < 1.29 is 4.79 Å². The lowest BCUT2D eigenvalue weighted by atomic mass is 10.0. The van der Waals surface area contributed by atoms with Crippen LogP contribution >= 0.6 is 11.3 Å². The van der Waals surface area contributed by atoms with Crippen molar-refractivity contribution in [2.45, 2.75) is 26.3 Å². The second-order valence-corrected chi connectivity index (χ2v) is 6.18. The molecule has 2 nitrogen and oxygen atoms in total. The van der Waals surface area contributed by atoms with Crippen LogP contribution in [0.5, 0.6) is 0 Å². The molecule has 1 aliphatic carbocycles. The molecule has 19 heavy (non-hydrogen) atoms. The van der Waals surface area contributed by atoms with E-state index in [2.05, 4.69) is 30.4 Å². The second-order valence-electron chi connectivity index (χ2n) is 5.26. The molecule has 0 saturated heterocycles. The summed E-state index contributed by atoms with van der Waals surface area (Å²) in [6, 6.07) is 10.5. The number of hydrogen-bond acceptors (Lipinski definition) is 2. The Hall–Kier alpha value is -1.61. The van der Waals surface area contributed by atoms with E-state index in [0.717, 1.165) is 16.9 Å². The smallest absolute Gasteiger partial charge is 0.262 e. The summed E-state index contributed by atoms with van der Waals surface area (Å²) < 4.78 is 0. The molecule has 0 spiro atoms. The first-order valence-corrected chi connectivity index (χ1v) is 7.47. The maximum Gasteiger partial charge on any atom is 0.262 e. The Bertz CT molecular complexity index is 617. The molecule has 1 heterocycles. The summed E-state index contributed by atoms with van der Waals surface area (Å²) in [7, 11) is 0. The standard InChI is InChI=1S/C16H17NOS/c1-10-7-8-19-15(10)16(18)17-14-11(2)9-12-5-3-4-6-13(12)14/h3-8,11,14H,9H2,1-2H3,(H,17,18). The number of rotatable bonds is 2. The number of thiophene rings is 1. The molecule has 1 aliphatic rings. The van der Waals surface area contributed by atoms with Gasteiger partial charge in [0.25, 0.3) is 5.91 Å². The third-order valence-electron chi connectivity index (χ3n) is 3.86. The van der Waals surface area contributed by atoms with Gasteiger partial charge in [0, 0.05) is 0 Å². The fourth-order valence-electron chi connectivity index (χ4n) is 2.83. The summed E-state index contributed by atoms with van der Waals surface area (Å²) in [5.74, 6) is 0.516. The van der Waals surface area contributed by atoms with Gasteiger partial charge in [0.05, 0.1) is 10.9 Å². The Morgan fingerprint density at radius 3 is 2.84 bits per heavy atom. The van der Waals surface area contributed by atoms with Crippen molar-refractivity contribution in [3.8, 4) is 0 Å². The van der Waals surface area contributed by atoms with Crippen molar-refractivity contribution >= 4 is 17.2 Å². The molecule has 1 N–H and O–H groups in total. The first-order valence-electron chi connectivity index (χ1n) is 6.59. The third kappa shape index (κ3) is 2.19. The topological polar surface area (TPSA) is 29.1 Å². The highest BCUT2D eigenvalue weighted by atomic mass is 32.1. The van der Waals surface area contributed by atoms with E-state index in [1.807, 2.05) is 24.4 Å². The normalized spacial score (nSPS) is 21.2. The molecule has 0 saturated carbocycles. The van der Waals surface area contributed by atoms with Crippen LogP contribution in [-0.2, 0) is 6.42 Å². The van der Waals surface area contributed by atoms with Crippen molar-refractivity contribution in [3.05, 3.63) is 57.3 Å². The highest BCUT2D eigenvalue weighted by Gasteiger charge is 2.30. The minimum absolute atomic E-state index is 0.0565. The van der Waals surface area contributed by atoms with Crippen LogP contribution in [-0.4, -0.2) is 5.91 Å². The highest BCUT2D eigenvalue weighted by molar-refractivity contribution is 7.12. The SMILES string of the molecule is Cc1ccsc1C(=O)NC1c2ccccc2CC1C. The number of amides is 1. The molecule has 0 radical (unpaired) electrons. The molecule has 98 valence electrons. The Morgan fingerprint density at radius 2 is 2.11 bits per heavy atom. The van der Waals surface area contributed by atoms with Crippen LogP contribution in [0.4, 0.5) is 0 Å². The fraction of sp³-hybridized carbons (Fsp3) is 0.312. The second kappa shape index (κ2) is 4.82. The first kappa shape index (κ1) is 12.4. The molecular weight excluding hydrogens is 254 g/mol. The van der Waals surface area contributed by atoms with Crippen molar-refractivity contribution in [3.63, 3.8) is 0 Å². The van der Waals surface area contributed by atoms with Gasteiger partial charge in [-0.3, -0.25) is 4.79 Å². The zero-order chi connectivity index (χ0) is 13.4. The zero-order valence-corrected chi connectivity index (χ0v) is 12.0. The molecule has 2 unspecified atom stereocenters. The molecule has 3 heteroatoms. The lowest BCUT2D eigenvalue weighted by molar-refractivity contribution is 0.0931. The van der Waals surface area contributed by atoms with E-state index in [1.54, 1.807) is 0 Å². The molecule has 3 rings (SSSR count). The van der Waals surface area contributed by atoms with E-state index in [-0.39, 0.29) is 11.9 Å². The van der Waals surface area contributed by atoms with Gasteiger partial charge in [0.15, 0.2) is 0 Å². The summed E-state index contributed by atoms with van der Waals surface area (Å²) in [6.45, 7) is 4.18. The van der Waals surface area contributed by atoms with Gasteiger partial charge in [-0.15, -0.1) is 11.3 Å². The summed E-state index contributed by atoms with van der Waals surface area (Å²) in [4.78, 5) is 13.2. The van der Waals surface area contributed by atoms with E-state index in [0.29, 0.717) is 5.92 Å². The van der Waals surface area contributed by atoms with Crippen molar-refractivity contribution in [2.75, 3.05) is 0 Å². The summed E-state index contributed by atoms with van der Waals surface area (Å²) in [6.07, 6.45) is 1.05. The number of nitrogens with one attached hydrogen (secondary N) is 1. The number of hydrogen-bond donors (Lipinski definition) is 1. The van der Waals surface area contributed by atoms with Gasteiger partial charge in [-0.25, -0.2) is 0 Å². The quantitative estimate of drug-likeness (QED) is 0.886. The maximum absolute atomic E-state index is 12.3. The van der Waals surface area contributed by atoms with Gasteiger partial charge in [-0.1, -0.05) is 31.2 Å². The molecule has 2 aromatic rings. The molecule has 1 amide bonds. The Kier molecular flexibility index (Phi) is 3.15. The average molecular weight is 271 g/mol. The molecule has 0 bridgehead atoms. The largest absolute Gasteiger partial charge is 0.344 e. The van der Waals surface area contributed by atoms with Crippen LogP contribution in [0.3, 0.4) is 0 Å². The highest BCUT2D eigenvalue weighted by Crippen LogP contribution is 2.36. The maximum atomic E-state index is 12.3. The predicted molar refractivity (Wildman–Crippen MR) is 78.6 cm³/mol. The number of carbonyl (C=O) groups is 1. The first-order chi connectivity index (χ1) is 9.16. The fourth-order valence-corrected chi connectivity index (χ4v) is 3.66. The number of carbonyl (C=O) groups excluding carboxylic acids is 1. The molecule has 0 aliphatic heterocycles. The lowest BCUT2D eigenvalue weighted by Crippen LogP contribution is -2.30. The van der Waals surface area contributed by atoms with E-state index in [4.69, 9.17) is 0 Å². The van der Waals surface area contributed by atoms with Gasteiger partial charge >= 0.3 is 0 Å². The number of fused-ring (bicyclic) bond motifs is 1. The minimum atomic E-state index is 0.0565. The number of aryl methyl sites for hydroxylation is 1. The molecule has 1 aromatic carbocycles. The average Bonchev–Trinajstić information content (AvgIpc) is 2.94. The van der Waals surface area contributed by atoms with Crippen molar-refractivity contribution in [2.24, 2.45) is 5.92 Å². The molecule has 0 fully saturated rings. The monoisotopic (exact) mass is 271 g/mol. The zero-order valence-electron chi connectivity index (χ0n) is 11.1. The van der Waals surface area contributed by atoms with Crippen LogP contribution in [0, 0.1) is 12.8 Å². The Morgan fingerprint density at radius 1 is 1.32 bits per heavy atom. The summed E-state index contributed by atoms with van der Waals surface area (Å²) >= 11 is 1.51. The van der Waals surface area contributed by atoms with Crippen molar-refractivity contribution in [1.82, 2.24) is 5.32 Å². The Labute approximate surface area is 117 Å².